The molecular weight excluding hydrogens is 293 g/mol. The van der Waals surface area contributed by atoms with Gasteiger partial charge < -0.3 is 19.9 Å². The molecule has 0 fully saturated rings. The first-order chi connectivity index (χ1) is 9.82. The fourth-order valence-corrected chi connectivity index (χ4v) is 1.68. The molecule has 0 radical (unpaired) electrons. The van der Waals surface area contributed by atoms with E-state index in [0.29, 0.717) is 0 Å². The Labute approximate surface area is 119 Å². The molecule has 1 heterocycles. The van der Waals surface area contributed by atoms with Crippen LogP contribution in [-0.4, -0.2) is 31.0 Å². The smallest absolute Gasteiger partial charge is 0.494 e. The lowest BCUT2D eigenvalue weighted by molar-refractivity contribution is -0.275. The highest BCUT2D eigenvalue weighted by Crippen LogP contribution is 2.34. The third-order valence-electron chi connectivity index (χ3n) is 2.42. The van der Waals surface area contributed by atoms with Gasteiger partial charge in [0.05, 0.1) is 37.6 Å². The number of aromatic nitrogens is 1. The number of halogens is 3. The normalized spacial score (nSPS) is 11.1. The van der Waals surface area contributed by atoms with Crippen molar-refractivity contribution < 1.29 is 32.2 Å². The largest absolute Gasteiger partial charge is 0.573 e. The van der Waals surface area contributed by atoms with Gasteiger partial charge >= 0.3 is 12.3 Å². The fourth-order valence-electron chi connectivity index (χ4n) is 1.68. The highest BCUT2D eigenvalue weighted by Gasteiger charge is 2.34. The average molecular weight is 308 g/mol. The molecule has 0 aliphatic rings. The number of nitrogens with zero attached hydrogens (tertiary/aromatic N) is 1. The number of rotatable bonds is 6. The van der Waals surface area contributed by atoms with Crippen LogP contribution in [0.4, 0.5) is 13.2 Å². The number of esters is 1. The summed E-state index contributed by atoms with van der Waals surface area (Å²) in [5, 5.41) is 0. The highest BCUT2D eigenvalue weighted by molar-refractivity contribution is 5.75. The zero-order valence-electron chi connectivity index (χ0n) is 11.5. The summed E-state index contributed by atoms with van der Waals surface area (Å²) in [6.07, 6.45) is -4.51. The second-order valence-electron chi connectivity index (χ2n) is 3.81. The summed E-state index contributed by atoms with van der Waals surface area (Å²) in [5.41, 5.74) is 5.55. The Kier molecular flexibility index (Phi) is 5.77. The van der Waals surface area contributed by atoms with Crippen LogP contribution in [0, 0.1) is 0 Å². The zero-order valence-corrected chi connectivity index (χ0v) is 11.5. The molecule has 0 amide bonds. The van der Waals surface area contributed by atoms with Gasteiger partial charge in [-0.05, 0) is 6.92 Å². The topological polar surface area (TPSA) is 83.7 Å². The molecule has 0 unspecified atom stereocenters. The Morgan fingerprint density at radius 1 is 1.43 bits per heavy atom. The Morgan fingerprint density at radius 3 is 2.57 bits per heavy atom. The summed E-state index contributed by atoms with van der Waals surface area (Å²) in [4.78, 5) is 15.3. The van der Waals surface area contributed by atoms with Crippen molar-refractivity contribution in [1.82, 2.24) is 4.98 Å². The predicted molar refractivity (Wildman–Crippen MR) is 65.7 cm³/mol. The van der Waals surface area contributed by atoms with E-state index in [-0.39, 0.29) is 30.2 Å². The Morgan fingerprint density at radius 2 is 2.10 bits per heavy atom. The second kappa shape index (κ2) is 7.11. The molecule has 1 rings (SSSR count). The number of carbonyl (C=O) groups excluding carboxylic acids is 1. The number of hydrogen-bond donors (Lipinski definition) is 1. The van der Waals surface area contributed by atoms with Crippen LogP contribution in [0.2, 0.25) is 0 Å². The minimum absolute atomic E-state index is 0.0210. The first-order valence-electron chi connectivity index (χ1n) is 5.98. The summed E-state index contributed by atoms with van der Waals surface area (Å²) in [5.74, 6) is -1.35. The molecule has 0 aliphatic heterocycles. The number of alkyl halides is 3. The van der Waals surface area contributed by atoms with Crippen LogP contribution >= 0.6 is 0 Å². The lowest BCUT2D eigenvalue weighted by atomic mass is 10.1. The van der Waals surface area contributed by atoms with E-state index in [1.807, 2.05) is 0 Å². The number of pyridine rings is 1. The summed E-state index contributed by atoms with van der Waals surface area (Å²) in [7, 11) is 1.24. The molecule has 0 saturated heterocycles. The maximum atomic E-state index is 12.4. The van der Waals surface area contributed by atoms with Gasteiger partial charge in [-0.1, -0.05) is 0 Å². The molecular formula is C12H15F3N2O4. The van der Waals surface area contributed by atoms with Crippen LogP contribution in [0.1, 0.15) is 18.2 Å². The molecule has 0 atom stereocenters. The Hall–Kier alpha value is -2.03. The van der Waals surface area contributed by atoms with Crippen LogP contribution < -0.4 is 15.2 Å². The summed E-state index contributed by atoms with van der Waals surface area (Å²) in [6, 6.07) is 0. The van der Waals surface area contributed by atoms with Crippen molar-refractivity contribution in [2.24, 2.45) is 5.73 Å². The Bertz CT molecular complexity index is 506. The first kappa shape index (κ1) is 17.0. The number of ether oxygens (including phenoxy) is 3. The summed E-state index contributed by atoms with van der Waals surface area (Å²) in [6.45, 7) is 1.62. The molecule has 21 heavy (non-hydrogen) atoms. The number of methoxy groups -OCH3 is 1. The van der Waals surface area contributed by atoms with E-state index in [2.05, 4.69) is 9.72 Å². The van der Waals surface area contributed by atoms with Crippen molar-refractivity contribution in [3.63, 3.8) is 0 Å². The van der Waals surface area contributed by atoms with Crippen LogP contribution in [0.15, 0.2) is 6.20 Å². The third-order valence-corrected chi connectivity index (χ3v) is 2.42. The van der Waals surface area contributed by atoms with E-state index in [9.17, 15) is 18.0 Å². The van der Waals surface area contributed by atoms with Gasteiger partial charge in [0.15, 0.2) is 5.75 Å². The molecule has 2 N–H and O–H groups in total. The number of nitrogens with two attached hydrogens (primary N) is 1. The van der Waals surface area contributed by atoms with Gasteiger partial charge in [0.25, 0.3) is 0 Å². The second-order valence-corrected chi connectivity index (χ2v) is 3.81. The third kappa shape index (κ3) is 4.78. The summed E-state index contributed by atoms with van der Waals surface area (Å²) < 4.78 is 50.8. The fraction of sp³-hybridized carbons (Fsp3) is 0.500. The number of carbonyl (C=O) groups is 1. The Balaban J connectivity index is 3.26. The van der Waals surface area contributed by atoms with E-state index in [0.717, 1.165) is 6.20 Å². The van der Waals surface area contributed by atoms with E-state index in [1.165, 1.54) is 7.11 Å². The quantitative estimate of drug-likeness (QED) is 0.803. The maximum absolute atomic E-state index is 12.4. The number of hydrogen-bond acceptors (Lipinski definition) is 6. The van der Waals surface area contributed by atoms with Crippen molar-refractivity contribution in [2.45, 2.75) is 26.3 Å². The average Bonchev–Trinajstić information content (AvgIpc) is 2.39. The van der Waals surface area contributed by atoms with E-state index in [4.69, 9.17) is 15.2 Å². The standard InChI is InChI=1S/C12H15F3N2O4/c1-3-20-10(18)4-7-9(21-12(13,14)15)6-17-8(5-16)11(7)19-2/h6H,3-5,16H2,1-2H3. The van der Waals surface area contributed by atoms with Gasteiger partial charge in [0.1, 0.15) is 5.75 Å². The van der Waals surface area contributed by atoms with Crippen molar-refractivity contribution in [3.05, 3.63) is 17.5 Å². The molecule has 0 saturated carbocycles. The lowest BCUT2D eigenvalue weighted by Gasteiger charge is -2.17. The predicted octanol–water partition coefficient (Wildman–Crippen LogP) is 1.55. The van der Waals surface area contributed by atoms with Crippen molar-refractivity contribution >= 4 is 5.97 Å². The van der Waals surface area contributed by atoms with Gasteiger partial charge in [0.2, 0.25) is 0 Å². The molecule has 1 aromatic heterocycles. The van der Waals surface area contributed by atoms with Gasteiger partial charge in [0, 0.05) is 6.54 Å². The minimum Gasteiger partial charge on any atom is -0.494 e. The minimum atomic E-state index is -4.92. The van der Waals surface area contributed by atoms with Crippen LogP contribution in [-0.2, 0) is 22.5 Å². The highest BCUT2D eigenvalue weighted by atomic mass is 19.4. The SMILES string of the molecule is CCOC(=O)Cc1c(OC(F)(F)F)cnc(CN)c1OC. The molecule has 6 nitrogen and oxygen atoms in total. The molecule has 9 heteroatoms. The van der Waals surface area contributed by atoms with Crippen LogP contribution in [0.3, 0.4) is 0 Å². The van der Waals surface area contributed by atoms with Crippen molar-refractivity contribution in [3.8, 4) is 11.5 Å². The van der Waals surface area contributed by atoms with Gasteiger partial charge in [-0.15, -0.1) is 13.2 Å². The van der Waals surface area contributed by atoms with Gasteiger partial charge in [-0.3, -0.25) is 9.78 Å². The van der Waals surface area contributed by atoms with Gasteiger partial charge in [-0.2, -0.15) is 0 Å². The molecule has 0 aliphatic carbocycles. The monoisotopic (exact) mass is 308 g/mol. The molecule has 0 aromatic carbocycles. The molecule has 1 aromatic rings. The van der Waals surface area contributed by atoms with Crippen LogP contribution in [0.5, 0.6) is 11.5 Å². The maximum Gasteiger partial charge on any atom is 0.573 e. The molecule has 0 spiro atoms. The first-order valence-corrected chi connectivity index (χ1v) is 5.98. The van der Waals surface area contributed by atoms with E-state index < -0.39 is 24.5 Å². The van der Waals surface area contributed by atoms with Crippen molar-refractivity contribution in [2.75, 3.05) is 13.7 Å². The zero-order chi connectivity index (χ0) is 16.0. The molecule has 118 valence electrons. The summed E-state index contributed by atoms with van der Waals surface area (Å²) >= 11 is 0. The van der Waals surface area contributed by atoms with Gasteiger partial charge in [-0.25, -0.2) is 0 Å². The van der Waals surface area contributed by atoms with E-state index in [1.54, 1.807) is 6.92 Å². The van der Waals surface area contributed by atoms with E-state index >= 15 is 0 Å². The lowest BCUT2D eigenvalue weighted by Crippen LogP contribution is -2.20. The van der Waals surface area contributed by atoms with Crippen molar-refractivity contribution in [1.29, 1.82) is 0 Å². The van der Waals surface area contributed by atoms with Crippen LogP contribution in [0.25, 0.3) is 0 Å². The molecule has 0 bridgehead atoms.